The molecule has 0 aliphatic heterocycles. The predicted octanol–water partition coefficient (Wildman–Crippen LogP) is 4.35. The summed E-state index contributed by atoms with van der Waals surface area (Å²) in [7, 11) is 1.65. The molecule has 0 radical (unpaired) electrons. The van der Waals surface area contributed by atoms with Crippen molar-refractivity contribution in [1.82, 2.24) is 4.98 Å². The van der Waals surface area contributed by atoms with Crippen molar-refractivity contribution in [3.8, 4) is 5.75 Å². The van der Waals surface area contributed by atoms with Crippen molar-refractivity contribution in [2.75, 3.05) is 23.1 Å². The van der Waals surface area contributed by atoms with Gasteiger partial charge >= 0.3 is 6.03 Å². The number of nitrogens with zero attached hydrogens (tertiary/aromatic N) is 1. The fourth-order valence-corrected chi connectivity index (χ4v) is 2.42. The minimum absolute atomic E-state index is 0.335. The second kappa shape index (κ2) is 8.53. The molecule has 0 atom stereocenters. The largest absolute Gasteiger partial charge is 0.496 e. The summed E-state index contributed by atoms with van der Waals surface area (Å²) in [6.07, 6.45) is 1.67. The molecule has 0 fully saturated rings. The van der Waals surface area contributed by atoms with Crippen molar-refractivity contribution in [1.29, 1.82) is 0 Å². The van der Waals surface area contributed by atoms with E-state index in [1.807, 2.05) is 60.7 Å². The summed E-state index contributed by atoms with van der Waals surface area (Å²) in [6.45, 7) is 0.618. The monoisotopic (exact) mass is 348 g/mol. The molecule has 0 aliphatic carbocycles. The Balaban J connectivity index is 1.54. The van der Waals surface area contributed by atoms with Crippen LogP contribution in [0.4, 0.5) is 22.0 Å². The van der Waals surface area contributed by atoms with E-state index in [1.54, 1.807) is 19.4 Å². The maximum absolute atomic E-state index is 12.0. The summed E-state index contributed by atoms with van der Waals surface area (Å²) in [4.78, 5) is 16.2. The lowest BCUT2D eigenvalue weighted by atomic mass is 10.2. The first-order valence-electron chi connectivity index (χ1n) is 8.19. The van der Waals surface area contributed by atoms with E-state index in [0.717, 1.165) is 22.7 Å². The Labute approximate surface area is 152 Å². The molecule has 2 amide bonds. The third-order valence-corrected chi connectivity index (χ3v) is 3.71. The van der Waals surface area contributed by atoms with Crippen LogP contribution in [-0.2, 0) is 6.54 Å². The van der Waals surface area contributed by atoms with Gasteiger partial charge in [-0.15, -0.1) is 0 Å². The number of rotatable bonds is 6. The Kier molecular flexibility index (Phi) is 5.67. The van der Waals surface area contributed by atoms with Crippen LogP contribution in [0.2, 0.25) is 0 Å². The van der Waals surface area contributed by atoms with Crippen LogP contribution in [0.25, 0.3) is 0 Å². The molecule has 0 spiro atoms. The number of carbonyl (C=O) groups excluding carboxylic acids is 1. The van der Waals surface area contributed by atoms with Gasteiger partial charge in [-0.25, -0.2) is 9.78 Å². The third-order valence-electron chi connectivity index (χ3n) is 3.71. The summed E-state index contributed by atoms with van der Waals surface area (Å²) < 4.78 is 5.34. The molecule has 3 N–H and O–H groups in total. The Bertz CT molecular complexity index is 851. The fourth-order valence-electron chi connectivity index (χ4n) is 2.42. The Morgan fingerprint density at radius 2 is 1.69 bits per heavy atom. The maximum atomic E-state index is 12.0. The van der Waals surface area contributed by atoms with Crippen molar-refractivity contribution >= 4 is 23.2 Å². The molecule has 1 aromatic heterocycles. The van der Waals surface area contributed by atoms with Crippen molar-refractivity contribution < 1.29 is 9.53 Å². The molecule has 2 aromatic carbocycles. The minimum Gasteiger partial charge on any atom is -0.496 e. The van der Waals surface area contributed by atoms with E-state index in [2.05, 4.69) is 20.9 Å². The summed E-state index contributed by atoms with van der Waals surface area (Å²) in [6, 6.07) is 20.3. The zero-order valence-corrected chi connectivity index (χ0v) is 14.4. The molecule has 6 nitrogen and oxygen atoms in total. The number of benzene rings is 2. The zero-order valence-electron chi connectivity index (χ0n) is 14.4. The highest BCUT2D eigenvalue weighted by atomic mass is 16.5. The molecule has 3 aromatic rings. The van der Waals surface area contributed by atoms with Gasteiger partial charge in [0.2, 0.25) is 0 Å². The van der Waals surface area contributed by atoms with E-state index in [0.29, 0.717) is 12.4 Å². The van der Waals surface area contributed by atoms with Gasteiger partial charge in [0.1, 0.15) is 11.6 Å². The summed E-state index contributed by atoms with van der Waals surface area (Å²) in [5.74, 6) is 1.31. The number of ether oxygens (including phenoxy) is 1. The van der Waals surface area contributed by atoms with Crippen LogP contribution < -0.4 is 20.7 Å². The van der Waals surface area contributed by atoms with Crippen molar-refractivity contribution in [3.63, 3.8) is 0 Å². The molecule has 1 heterocycles. The van der Waals surface area contributed by atoms with Gasteiger partial charge in [-0.2, -0.15) is 0 Å². The number of para-hydroxylation sites is 2. The van der Waals surface area contributed by atoms with Crippen molar-refractivity contribution in [2.24, 2.45) is 0 Å². The molecule has 3 rings (SSSR count). The van der Waals surface area contributed by atoms with Gasteiger partial charge in [0.15, 0.2) is 0 Å². The van der Waals surface area contributed by atoms with Crippen LogP contribution in [0.5, 0.6) is 5.75 Å². The smallest absolute Gasteiger partial charge is 0.324 e. The lowest BCUT2D eigenvalue weighted by molar-refractivity contribution is 0.262. The summed E-state index contributed by atoms with van der Waals surface area (Å²) in [5, 5.41) is 8.73. The SMILES string of the molecule is COc1ccccc1CNc1ccc(NC(=O)Nc2ccccc2)nc1. The molecule has 0 aliphatic rings. The number of hydrogen-bond acceptors (Lipinski definition) is 4. The quantitative estimate of drug-likeness (QED) is 0.619. The Morgan fingerprint density at radius 1 is 0.923 bits per heavy atom. The Morgan fingerprint density at radius 3 is 2.42 bits per heavy atom. The van der Waals surface area contributed by atoms with Gasteiger partial charge in [-0.1, -0.05) is 36.4 Å². The molecular weight excluding hydrogens is 328 g/mol. The van der Waals surface area contributed by atoms with E-state index >= 15 is 0 Å². The van der Waals surface area contributed by atoms with Crippen LogP contribution in [-0.4, -0.2) is 18.1 Å². The van der Waals surface area contributed by atoms with Crippen LogP contribution in [0.1, 0.15) is 5.56 Å². The average Bonchev–Trinajstić information content (AvgIpc) is 2.68. The first-order valence-corrected chi connectivity index (χ1v) is 8.19. The Hall–Kier alpha value is -3.54. The zero-order chi connectivity index (χ0) is 18.2. The molecule has 0 bridgehead atoms. The summed E-state index contributed by atoms with van der Waals surface area (Å²) in [5.41, 5.74) is 2.63. The van der Waals surface area contributed by atoms with Gasteiger partial charge in [-0.3, -0.25) is 5.32 Å². The second-order valence-electron chi connectivity index (χ2n) is 5.54. The number of nitrogens with one attached hydrogen (secondary N) is 3. The van der Waals surface area contributed by atoms with Crippen molar-refractivity contribution in [3.05, 3.63) is 78.5 Å². The maximum Gasteiger partial charge on any atom is 0.324 e. The number of amides is 2. The predicted molar refractivity (Wildman–Crippen MR) is 104 cm³/mol. The molecule has 0 saturated carbocycles. The fraction of sp³-hybridized carbons (Fsp3) is 0.100. The van der Waals surface area contributed by atoms with Crippen LogP contribution in [0, 0.1) is 0 Å². The van der Waals surface area contributed by atoms with Crippen molar-refractivity contribution in [2.45, 2.75) is 6.54 Å². The van der Waals surface area contributed by atoms with Gasteiger partial charge in [0.25, 0.3) is 0 Å². The van der Waals surface area contributed by atoms with E-state index in [4.69, 9.17) is 4.74 Å². The molecular formula is C20H20N4O2. The number of aromatic nitrogens is 1. The highest BCUT2D eigenvalue weighted by molar-refractivity contribution is 5.99. The number of hydrogen-bond donors (Lipinski definition) is 3. The number of anilines is 3. The van der Waals surface area contributed by atoms with Crippen LogP contribution in [0.15, 0.2) is 72.9 Å². The van der Waals surface area contributed by atoms with Gasteiger partial charge in [0, 0.05) is 17.8 Å². The molecule has 0 unspecified atom stereocenters. The summed E-state index contributed by atoms with van der Waals surface area (Å²) >= 11 is 0. The highest BCUT2D eigenvalue weighted by Crippen LogP contribution is 2.19. The molecule has 6 heteroatoms. The minimum atomic E-state index is -0.335. The molecule has 0 saturated heterocycles. The van der Waals surface area contributed by atoms with Gasteiger partial charge in [-0.05, 0) is 30.3 Å². The van der Waals surface area contributed by atoms with Crippen LogP contribution >= 0.6 is 0 Å². The molecule has 132 valence electrons. The van der Waals surface area contributed by atoms with E-state index in [9.17, 15) is 4.79 Å². The lowest BCUT2D eigenvalue weighted by Crippen LogP contribution is -2.20. The highest BCUT2D eigenvalue weighted by Gasteiger charge is 2.04. The number of methoxy groups -OCH3 is 1. The lowest BCUT2D eigenvalue weighted by Gasteiger charge is -2.11. The van der Waals surface area contributed by atoms with E-state index in [-0.39, 0.29) is 6.03 Å². The normalized spacial score (nSPS) is 10.0. The topological polar surface area (TPSA) is 75.3 Å². The first-order chi connectivity index (χ1) is 12.7. The second-order valence-corrected chi connectivity index (χ2v) is 5.54. The average molecular weight is 348 g/mol. The van der Waals surface area contributed by atoms with E-state index < -0.39 is 0 Å². The first kappa shape index (κ1) is 17.3. The van der Waals surface area contributed by atoms with Gasteiger partial charge < -0.3 is 15.4 Å². The third kappa shape index (κ3) is 4.73. The number of urea groups is 1. The standard InChI is InChI=1S/C20H20N4O2/c1-26-18-10-6-5-7-15(18)13-21-17-11-12-19(22-14-17)24-20(25)23-16-8-3-2-4-9-16/h2-12,14,21H,13H2,1H3,(H2,22,23,24,25). The van der Waals surface area contributed by atoms with E-state index in [1.165, 1.54) is 0 Å². The number of pyridine rings is 1. The van der Waals surface area contributed by atoms with Crippen LogP contribution in [0.3, 0.4) is 0 Å². The van der Waals surface area contributed by atoms with Gasteiger partial charge in [0.05, 0.1) is 19.0 Å². The molecule has 26 heavy (non-hydrogen) atoms. The number of carbonyl (C=O) groups is 1.